The largest absolute Gasteiger partial charge is 0.381 e. The maximum Gasteiger partial charge on any atom is 0.241 e. The second-order valence-electron chi connectivity index (χ2n) is 10.4. The van der Waals surface area contributed by atoms with Crippen LogP contribution in [0.5, 0.6) is 0 Å². The number of nitrogens with one attached hydrogen (secondary N) is 1. The Bertz CT molecular complexity index is 1030. The van der Waals surface area contributed by atoms with Crippen LogP contribution in [0.2, 0.25) is 0 Å². The highest BCUT2D eigenvalue weighted by molar-refractivity contribution is 5.86. The van der Waals surface area contributed by atoms with Crippen molar-refractivity contribution in [2.24, 2.45) is 5.73 Å². The molecule has 0 bridgehead atoms. The Balaban J connectivity index is 1.30. The maximum atomic E-state index is 12.8. The quantitative estimate of drug-likeness (QED) is 0.592. The van der Waals surface area contributed by atoms with E-state index in [0.29, 0.717) is 19.3 Å². The number of benzene rings is 2. The van der Waals surface area contributed by atoms with Gasteiger partial charge < -0.3 is 20.7 Å². The molecule has 36 heavy (non-hydrogen) atoms. The lowest BCUT2D eigenvalue weighted by atomic mass is 9.80. The molecule has 2 aromatic rings. The van der Waals surface area contributed by atoms with E-state index >= 15 is 0 Å². The fraction of sp³-hybridized carbons (Fsp3) is 0.517. The number of likely N-dealkylation sites (N-methyl/N-ethyl adjacent to an activating group) is 1. The molecule has 0 aromatic heterocycles. The molecular weight excluding hydrogens is 450 g/mol. The van der Waals surface area contributed by atoms with Crippen molar-refractivity contribution in [1.82, 2.24) is 15.1 Å². The van der Waals surface area contributed by atoms with E-state index in [2.05, 4.69) is 64.6 Å². The number of rotatable bonds is 8. The number of carbonyl (C=O) groups is 1. The van der Waals surface area contributed by atoms with Crippen molar-refractivity contribution in [3.05, 3.63) is 59.7 Å². The van der Waals surface area contributed by atoms with Crippen LogP contribution in [0.15, 0.2) is 48.5 Å². The van der Waals surface area contributed by atoms with Gasteiger partial charge in [0.15, 0.2) is 0 Å². The molecule has 192 valence electrons. The van der Waals surface area contributed by atoms with Crippen molar-refractivity contribution in [2.75, 3.05) is 40.3 Å². The van der Waals surface area contributed by atoms with Gasteiger partial charge >= 0.3 is 0 Å². The third-order valence-electron chi connectivity index (χ3n) is 7.75. The van der Waals surface area contributed by atoms with E-state index < -0.39 is 11.6 Å². The average Bonchev–Trinajstić information content (AvgIpc) is 2.91. The summed E-state index contributed by atoms with van der Waals surface area (Å²) in [4.78, 5) is 17.7. The molecule has 1 saturated heterocycles. The Labute approximate surface area is 215 Å². The van der Waals surface area contributed by atoms with Gasteiger partial charge in [-0.2, -0.15) is 5.26 Å². The van der Waals surface area contributed by atoms with Crippen LogP contribution in [0.1, 0.15) is 36.8 Å². The summed E-state index contributed by atoms with van der Waals surface area (Å²) >= 11 is 0. The molecule has 2 aliphatic rings. The van der Waals surface area contributed by atoms with E-state index in [1.807, 2.05) is 12.1 Å². The minimum absolute atomic E-state index is 0.160. The van der Waals surface area contributed by atoms with Crippen LogP contribution in [0.4, 0.5) is 0 Å². The van der Waals surface area contributed by atoms with Gasteiger partial charge in [0.1, 0.15) is 6.04 Å². The number of hydrogen-bond donors (Lipinski definition) is 2. The van der Waals surface area contributed by atoms with Crippen LogP contribution in [-0.2, 0) is 22.5 Å². The van der Waals surface area contributed by atoms with Gasteiger partial charge in [0.25, 0.3) is 0 Å². The van der Waals surface area contributed by atoms with Crippen LogP contribution in [0.3, 0.4) is 0 Å². The molecule has 1 heterocycles. The predicted molar refractivity (Wildman–Crippen MR) is 142 cm³/mol. The van der Waals surface area contributed by atoms with Crippen molar-refractivity contribution in [2.45, 2.75) is 56.3 Å². The molecule has 0 unspecified atom stereocenters. The van der Waals surface area contributed by atoms with Crippen molar-refractivity contribution in [3.8, 4) is 17.2 Å². The van der Waals surface area contributed by atoms with Gasteiger partial charge in [-0.05, 0) is 55.0 Å². The zero-order valence-electron chi connectivity index (χ0n) is 21.6. The van der Waals surface area contributed by atoms with Crippen LogP contribution in [-0.4, -0.2) is 73.7 Å². The molecule has 1 aliphatic carbocycles. The molecule has 1 amide bonds. The highest BCUT2D eigenvalue weighted by Crippen LogP contribution is 2.28. The summed E-state index contributed by atoms with van der Waals surface area (Å²) in [5.74, 6) is -0.239. The molecular formula is C29H39N5O2. The van der Waals surface area contributed by atoms with E-state index in [-0.39, 0.29) is 12.0 Å². The minimum atomic E-state index is -0.926. The van der Waals surface area contributed by atoms with Gasteiger partial charge in [-0.1, -0.05) is 48.5 Å². The summed E-state index contributed by atoms with van der Waals surface area (Å²) in [5.41, 5.74) is 10.1. The zero-order valence-corrected chi connectivity index (χ0v) is 21.6. The van der Waals surface area contributed by atoms with E-state index in [1.54, 1.807) is 7.11 Å². The van der Waals surface area contributed by atoms with E-state index in [1.165, 1.54) is 11.1 Å². The summed E-state index contributed by atoms with van der Waals surface area (Å²) < 4.78 is 5.38. The maximum absolute atomic E-state index is 12.8. The average molecular weight is 490 g/mol. The molecule has 3 N–H and O–H groups in total. The van der Waals surface area contributed by atoms with Crippen molar-refractivity contribution in [1.29, 1.82) is 5.26 Å². The first-order valence-corrected chi connectivity index (χ1v) is 13.0. The molecule has 7 heteroatoms. The van der Waals surface area contributed by atoms with Crippen LogP contribution in [0.25, 0.3) is 11.1 Å². The summed E-state index contributed by atoms with van der Waals surface area (Å²) in [7, 11) is 3.87. The number of piperazine rings is 1. The van der Waals surface area contributed by atoms with E-state index in [4.69, 9.17) is 10.5 Å². The highest BCUT2D eigenvalue weighted by atomic mass is 16.5. The van der Waals surface area contributed by atoms with E-state index in [0.717, 1.165) is 56.7 Å². The number of nitrogens with zero attached hydrogens (tertiary/aromatic N) is 3. The lowest BCUT2D eigenvalue weighted by Gasteiger charge is -2.35. The Morgan fingerprint density at radius 1 is 1.06 bits per heavy atom. The second-order valence-corrected chi connectivity index (χ2v) is 10.4. The first kappa shape index (κ1) is 26.3. The van der Waals surface area contributed by atoms with Crippen molar-refractivity contribution >= 4 is 5.91 Å². The third kappa shape index (κ3) is 6.71. The normalized spacial score (nSPS) is 24.1. The summed E-state index contributed by atoms with van der Waals surface area (Å²) in [6.45, 7) is 5.48. The topological polar surface area (TPSA) is 94.6 Å². The molecule has 1 aliphatic heterocycles. The summed E-state index contributed by atoms with van der Waals surface area (Å²) in [6.07, 6.45) is 3.26. The van der Waals surface area contributed by atoms with E-state index in [9.17, 15) is 10.1 Å². The smallest absolute Gasteiger partial charge is 0.241 e. The fourth-order valence-electron chi connectivity index (χ4n) is 5.14. The lowest BCUT2D eigenvalue weighted by molar-refractivity contribution is -0.128. The van der Waals surface area contributed by atoms with Gasteiger partial charge in [-0.15, -0.1) is 0 Å². The van der Waals surface area contributed by atoms with Gasteiger partial charge in [-0.3, -0.25) is 9.69 Å². The van der Waals surface area contributed by atoms with Crippen LogP contribution in [0, 0.1) is 11.3 Å². The number of nitrogens with two attached hydrogens (primary N) is 1. The van der Waals surface area contributed by atoms with Crippen molar-refractivity contribution in [3.63, 3.8) is 0 Å². The number of amides is 1. The molecule has 1 saturated carbocycles. The summed E-state index contributed by atoms with van der Waals surface area (Å²) in [5, 5.41) is 12.5. The van der Waals surface area contributed by atoms with Gasteiger partial charge in [0, 0.05) is 46.3 Å². The molecule has 0 radical (unpaired) electrons. The number of carbonyl (C=O) groups excluding carboxylic acids is 1. The molecule has 7 nitrogen and oxygen atoms in total. The van der Waals surface area contributed by atoms with Crippen molar-refractivity contribution < 1.29 is 9.53 Å². The standard InChI is InChI=1S/C29H39N5O2/c1-33-15-17-34(18-16-33)21-23-5-9-25(10-6-23)24-7-3-22(4-8-24)19-26(20-30)32-28(35)29(31)13-11-27(36-2)12-14-29/h3-10,26-27H,11-19,21,31H2,1-2H3,(H,32,35)/t26-,27?,29?/m0/s1. The molecule has 2 fully saturated rings. The highest BCUT2D eigenvalue weighted by Gasteiger charge is 2.39. The molecule has 2 aromatic carbocycles. The first-order chi connectivity index (χ1) is 17.4. The predicted octanol–water partition coefficient (Wildman–Crippen LogP) is 2.94. The monoisotopic (exact) mass is 489 g/mol. The Morgan fingerprint density at radius 3 is 2.14 bits per heavy atom. The summed E-state index contributed by atoms with van der Waals surface area (Å²) in [6, 6.07) is 18.6. The third-order valence-corrected chi connectivity index (χ3v) is 7.75. The van der Waals surface area contributed by atoms with Gasteiger partial charge in [0.05, 0.1) is 17.7 Å². The number of ether oxygens (including phenoxy) is 1. The Morgan fingerprint density at radius 2 is 1.61 bits per heavy atom. The number of nitriles is 1. The molecule has 0 spiro atoms. The lowest BCUT2D eigenvalue weighted by Crippen LogP contribution is -2.58. The Kier molecular flexibility index (Phi) is 8.76. The molecule has 1 atom stereocenters. The zero-order chi connectivity index (χ0) is 25.5. The number of methoxy groups -OCH3 is 1. The van der Waals surface area contributed by atoms with Crippen LogP contribution < -0.4 is 11.1 Å². The fourth-order valence-corrected chi connectivity index (χ4v) is 5.14. The van der Waals surface area contributed by atoms with Crippen LogP contribution >= 0.6 is 0 Å². The second kappa shape index (κ2) is 12.0. The molecule has 4 rings (SSSR count). The Hall–Kier alpha value is -2.76. The number of hydrogen-bond acceptors (Lipinski definition) is 6. The minimum Gasteiger partial charge on any atom is -0.381 e. The SMILES string of the molecule is COC1CCC(N)(C(=O)N[C@H](C#N)Cc2ccc(-c3ccc(CN4CCN(C)CC4)cc3)cc2)CC1. The van der Waals surface area contributed by atoms with Gasteiger partial charge in [0.2, 0.25) is 5.91 Å². The van der Waals surface area contributed by atoms with Gasteiger partial charge in [-0.25, -0.2) is 0 Å². The first-order valence-electron chi connectivity index (χ1n) is 13.0.